The molecule has 0 radical (unpaired) electrons. The van der Waals surface area contributed by atoms with Crippen LogP contribution in [0.25, 0.3) is 0 Å². The quantitative estimate of drug-likeness (QED) is 0.665. The van der Waals surface area contributed by atoms with Crippen molar-refractivity contribution >= 4 is 22.7 Å². The smallest absolute Gasteiger partial charge is 0.306 e. The van der Waals surface area contributed by atoms with Crippen LogP contribution in [0.3, 0.4) is 0 Å². The molecule has 1 aliphatic rings. The van der Waals surface area contributed by atoms with Gasteiger partial charge in [-0.2, -0.15) is 0 Å². The van der Waals surface area contributed by atoms with Crippen molar-refractivity contribution in [2.24, 2.45) is 5.41 Å². The molecule has 0 saturated heterocycles. The number of hydrogen-bond acceptors (Lipinski definition) is 4. The van der Waals surface area contributed by atoms with Crippen molar-refractivity contribution in [3.63, 3.8) is 0 Å². The fourth-order valence-corrected chi connectivity index (χ4v) is 3.28. The van der Waals surface area contributed by atoms with Crippen molar-refractivity contribution in [2.45, 2.75) is 26.2 Å². The molecule has 0 bridgehead atoms. The van der Waals surface area contributed by atoms with E-state index < -0.39 is 10.8 Å². The molecule has 1 fully saturated rings. The van der Waals surface area contributed by atoms with E-state index in [9.17, 15) is 13.8 Å². The van der Waals surface area contributed by atoms with Crippen molar-refractivity contribution in [1.82, 2.24) is 5.32 Å². The highest BCUT2D eigenvalue weighted by Gasteiger charge is 2.46. The molecule has 6 heteroatoms. The summed E-state index contributed by atoms with van der Waals surface area (Å²) in [5.74, 6) is -0.0204. The fraction of sp³-hybridized carbons (Fsp3) is 0.818. The third-order valence-electron chi connectivity index (χ3n) is 2.84. The number of hydrogen-bond donors (Lipinski definition) is 1. The molecule has 1 aliphatic carbocycles. The molecule has 0 aromatic heterocycles. The van der Waals surface area contributed by atoms with Gasteiger partial charge < -0.3 is 10.1 Å². The summed E-state index contributed by atoms with van der Waals surface area (Å²) in [6.07, 6.45) is 2.09. The van der Waals surface area contributed by atoms with Crippen LogP contribution in [0, 0.1) is 5.41 Å². The number of esters is 1. The summed E-state index contributed by atoms with van der Waals surface area (Å²) in [6, 6.07) is 0. The minimum atomic E-state index is -1.20. The second kappa shape index (κ2) is 6.14. The zero-order valence-electron chi connectivity index (χ0n) is 10.3. The Balaban J connectivity index is 2.35. The maximum Gasteiger partial charge on any atom is 0.306 e. The summed E-state index contributed by atoms with van der Waals surface area (Å²) in [4.78, 5) is 22.4. The van der Waals surface area contributed by atoms with Gasteiger partial charge >= 0.3 is 5.97 Å². The first kappa shape index (κ1) is 14.2. The van der Waals surface area contributed by atoms with Gasteiger partial charge in [-0.15, -0.1) is 0 Å². The lowest BCUT2D eigenvalue weighted by atomic mass is 10.1. The average molecular weight is 261 g/mol. The maximum absolute atomic E-state index is 11.8. The first-order chi connectivity index (χ1) is 8.01. The fourth-order valence-electron chi connectivity index (χ4n) is 1.71. The van der Waals surface area contributed by atoms with Crippen LogP contribution in [-0.4, -0.2) is 41.2 Å². The maximum atomic E-state index is 11.8. The van der Waals surface area contributed by atoms with Crippen LogP contribution < -0.4 is 5.32 Å². The molecule has 1 atom stereocenters. The molecule has 1 unspecified atom stereocenters. The van der Waals surface area contributed by atoms with Gasteiger partial charge in [-0.25, -0.2) is 0 Å². The minimum Gasteiger partial charge on any atom is -0.469 e. The summed E-state index contributed by atoms with van der Waals surface area (Å²) in [5, 5.41) is 2.61. The van der Waals surface area contributed by atoms with Crippen molar-refractivity contribution in [3.8, 4) is 0 Å². The highest BCUT2D eigenvalue weighted by Crippen LogP contribution is 2.49. The lowest BCUT2D eigenvalue weighted by molar-refractivity contribution is -0.141. The molecule has 0 aliphatic heterocycles. The standard InChI is InChI=1S/C11H19NO4S/c1-3-12-9(13)7-17(15)8-11(4-5-11)6-10(14)16-2/h3-8H2,1-2H3,(H,12,13). The largest absolute Gasteiger partial charge is 0.469 e. The first-order valence-electron chi connectivity index (χ1n) is 5.70. The predicted octanol–water partition coefficient (Wildman–Crippen LogP) is 0.214. The van der Waals surface area contributed by atoms with Crippen molar-refractivity contribution < 1.29 is 18.5 Å². The SMILES string of the molecule is CCNC(=O)CS(=O)CC1(CC(=O)OC)CC1. The number of carbonyl (C=O) groups is 2. The van der Waals surface area contributed by atoms with E-state index in [2.05, 4.69) is 10.1 Å². The van der Waals surface area contributed by atoms with Crippen LogP contribution in [0.2, 0.25) is 0 Å². The third-order valence-corrected chi connectivity index (χ3v) is 4.36. The predicted molar refractivity (Wildman–Crippen MR) is 64.9 cm³/mol. The minimum absolute atomic E-state index is 0.0246. The Morgan fingerprint density at radius 1 is 1.41 bits per heavy atom. The van der Waals surface area contributed by atoms with Crippen LogP contribution in [0.15, 0.2) is 0 Å². The number of rotatable bonds is 7. The molecule has 0 aromatic rings. The monoisotopic (exact) mass is 261 g/mol. The molecule has 0 heterocycles. The Morgan fingerprint density at radius 3 is 2.53 bits per heavy atom. The summed E-state index contributed by atoms with van der Waals surface area (Å²) in [7, 11) is 0.154. The van der Waals surface area contributed by atoms with Gasteiger partial charge in [0.05, 0.1) is 13.5 Å². The molecular weight excluding hydrogens is 242 g/mol. The molecule has 5 nitrogen and oxygen atoms in total. The lowest BCUT2D eigenvalue weighted by Gasteiger charge is -2.12. The Kier molecular flexibility index (Phi) is 5.11. The summed E-state index contributed by atoms with van der Waals surface area (Å²) < 4.78 is 16.4. The molecular formula is C11H19NO4S. The van der Waals surface area contributed by atoms with E-state index in [1.54, 1.807) is 0 Å². The summed E-state index contributed by atoms with van der Waals surface area (Å²) in [5.41, 5.74) is -0.176. The van der Waals surface area contributed by atoms with Gasteiger partial charge in [-0.05, 0) is 25.2 Å². The second-order valence-electron chi connectivity index (χ2n) is 4.43. The second-order valence-corrected chi connectivity index (χ2v) is 5.89. The van der Waals surface area contributed by atoms with Crippen molar-refractivity contribution in [1.29, 1.82) is 0 Å². The normalized spacial score (nSPS) is 18.2. The van der Waals surface area contributed by atoms with E-state index in [0.29, 0.717) is 18.7 Å². The number of methoxy groups -OCH3 is 1. The van der Waals surface area contributed by atoms with Crippen molar-refractivity contribution in [2.75, 3.05) is 25.2 Å². The summed E-state index contributed by atoms with van der Waals surface area (Å²) in [6.45, 7) is 2.36. The van der Waals surface area contributed by atoms with Gasteiger partial charge in [0, 0.05) is 23.1 Å². The number of ether oxygens (including phenoxy) is 1. The Morgan fingerprint density at radius 2 is 2.06 bits per heavy atom. The van der Waals surface area contributed by atoms with E-state index in [0.717, 1.165) is 12.8 Å². The molecule has 1 saturated carbocycles. The number of nitrogens with one attached hydrogen (secondary N) is 1. The van der Waals surface area contributed by atoms with Crippen LogP contribution in [0.1, 0.15) is 26.2 Å². The zero-order chi connectivity index (χ0) is 12.9. The van der Waals surface area contributed by atoms with Gasteiger partial charge in [-0.3, -0.25) is 13.8 Å². The Labute approximate surface area is 104 Å². The van der Waals surface area contributed by atoms with Crippen LogP contribution in [0.5, 0.6) is 0 Å². The van der Waals surface area contributed by atoms with E-state index in [4.69, 9.17) is 0 Å². The van der Waals surface area contributed by atoms with E-state index in [1.807, 2.05) is 6.92 Å². The van der Waals surface area contributed by atoms with Gasteiger partial charge in [0.25, 0.3) is 0 Å². The van der Waals surface area contributed by atoms with Gasteiger partial charge in [0.15, 0.2) is 0 Å². The van der Waals surface area contributed by atoms with Crippen molar-refractivity contribution in [3.05, 3.63) is 0 Å². The summed E-state index contributed by atoms with van der Waals surface area (Å²) >= 11 is 0. The third kappa shape index (κ3) is 4.85. The first-order valence-corrected chi connectivity index (χ1v) is 7.18. The molecule has 0 aromatic carbocycles. The van der Waals surface area contributed by atoms with Gasteiger partial charge in [0.1, 0.15) is 5.75 Å². The topological polar surface area (TPSA) is 72.5 Å². The van der Waals surface area contributed by atoms with Gasteiger partial charge in [-0.1, -0.05) is 0 Å². The number of amides is 1. The average Bonchev–Trinajstić information content (AvgIpc) is 2.97. The van der Waals surface area contributed by atoms with Crippen LogP contribution in [0.4, 0.5) is 0 Å². The van der Waals surface area contributed by atoms with E-state index in [1.165, 1.54) is 7.11 Å². The van der Waals surface area contributed by atoms with E-state index >= 15 is 0 Å². The molecule has 1 rings (SSSR count). The highest BCUT2D eigenvalue weighted by molar-refractivity contribution is 7.85. The van der Waals surface area contributed by atoms with Crippen LogP contribution in [-0.2, 0) is 25.1 Å². The molecule has 1 amide bonds. The highest BCUT2D eigenvalue weighted by atomic mass is 32.2. The molecule has 0 spiro atoms. The van der Waals surface area contributed by atoms with E-state index in [-0.39, 0.29) is 23.0 Å². The zero-order valence-corrected chi connectivity index (χ0v) is 11.1. The lowest BCUT2D eigenvalue weighted by Crippen LogP contribution is -2.30. The molecule has 98 valence electrons. The van der Waals surface area contributed by atoms with Gasteiger partial charge in [0.2, 0.25) is 5.91 Å². The Hall–Kier alpha value is -0.910. The Bertz CT molecular complexity index is 325. The number of carbonyl (C=O) groups excluding carboxylic acids is 2. The molecule has 17 heavy (non-hydrogen) atoms. The van der Waals surface area contributed by atoms with Crippen LogP contribution >= 0.6 is 0 Å². The molecule has 1 N–H and O–H groups in total.